The van der Waals surface area contributed by atoms with Crippen LogP contribution in [-0.4, -0.2) is 29.8 Å². The zero-order chi connectivity index (χ0) is 20.8. The van der Waals surface area contributed by atoms with Gasteiger partial charge in [0.15, 0.2) is 0 Å². The van der Waals surface area contributed by atoms with Gasteiger partial charge in [-0.3, -0.25) is 0 Å². The predicted octanol–water partition coefficient (Wildman–Crippen LogP) is 5.77. The summed E-state index contributed by atoms with van der Waals surface area (Å²) in [6, 6.07) is 17.3. The Kier molecular flexibility index (Phi) is 6.16. The van der Waals surface area contributed by atoms with E-state index in [4.69, 9.17) is 21.5 Å². The van der Waals surface area contributed by atoms with Gasteiger partial charge in [0.2, 0.25) is 0 Å². The molecule has 0 fully saturated rings. The van der Waals surface area contributed by atoms with E-state index in [1.54, 1.807) is 7.11 Å². The second-order valence-corrected chi connectivity index (χ2v) is 47.8. The van der Waals surface area contributed by atoms with Crippen LogP contribution in [0.1, 0.15) is 35.5 Å². The van der Waals surface area contributed by atoms with Crippen LogP contribution in [0, 0.1) is 0 Å². The van der Waals surface area contributed by atoms with E-state index in [-0.39, 0.29) is 15.8 Å². The fourth-order valence-corrected chi connectivity index (χ4v) is 44.3. The van der Waals surface area contributed by atoms with Gasteiger partial charge in [-0.1, -0.05) is 0 Å². The monoisotopic (exact) mass is 516 g/mol. The van der Waals surface area contributed by atoms with Crippen LogP contribution in [0.25, 0.3) is 11.1 Å². The van der Waals surface area contributed by atoms with Crippen molar-refractivity contribution in [1.82, 2.24) is 3.26 Å². The van der Waals surface area contributed by atoms with Crippen molar-refractivity contribution in [3.8, 4) is 11.1 Å². The minimum absolute atomic E-state index is 0.0156. The van der Waals surface area contributed by atoms with Gasteiger partial charge in [-0.25, -0.2) is 0 Å². The van der Waals surface area contributed by atoms with E-state index < -0.39 is 21.3 Å². The van der Waals surface area contributed by atoms with Crippen LogP contribution in [0.2, 0.25) is 12.6 Å². The molecule has 0 radical (unpaired) electrons. The van der Waals surface area contributed by atoms with Gasteiger partial charge >= 0.3 is 178 Å². The van der Waals surface area contributed by atoms with Crippen molar-refractivity contribution < 1.29 is 25.4 Å². The Labute approximate surface area is 177 Å². The normalized spacial score (nSPS) is 18.1. The van der Waals surface area contributed by atoms with Crippen molar-refractivity contribution >= 4 is 22.5 Å². The van der Waals surface area contributed by atoms with Crippen LogP contribution in [0.15, 0.2) is 48.5 Å². The molecule has 3 rings (SSSR count). The van der Waals surface area contributed by atoms with Gasteiger partial charge in [0, 0.05) is 0 Å². The van der Waals surface area contributed by atoms with Crippen molar-refractivity contribution in [2.75, 3.05) is 13.7 Å². The predicted molar refractivity (Wildman–Crippen MR) is 119 cm³/mol. The quantitative estimate of drug-likeness (QED) is 0.478. The molecule has 0 aliphatic heterocycles. The number of hydrogen-bond donors (Lipinski definition) is 2. The number of hydrogen-bond acceptors (Lipinski definition) is 3. The molecule has 1 aliphatic carbocycles. The first-order valence-electron chi connectivity index (χ1n) is 9.68. The van der Waals surface area contributed by atoms with E-state index in [0.717, 1.165) is 0 Å². The molecule has 2 aromatic carbocycles. The molecule has 2 aromatic rings. The summed E-state index contributed by atoms with van der Waals surface area (Å²) in [6.07, 6.45) is 0. The number of aliphatic hydroxyl groups is 1. The molecular weight excluding hydrogens is 488 g/mol. The molecule has 1 unspecified atom stereocenters. The first-order valence-corrected chi connectivity index (χ1v) is 25.0. The Morgan fingerprint density at radius 2 is 1.50 bits per heavy atom. The standard InChI is InChI=1S/C13H9.C4H10N.C4H11O2Si.2ClH.Zr/c1-3-7-12-10(5-1)9-11-6-2-4-8-13(11)12;1-4(2,3)5;1-6-7(2)4-3-5;;;/h1-9H;5H,1-3H3;5H,3-4H2,1-2H3;2*1H;/q;-1;;;;+3/p-2. The van der Waals surface area contributed by atoms with Crippen LogP contribution in [-0.2, 0) is 20.3 Å². The van der Waals surface area contributed by atoms with E-state index in [1.165, 1.54) is 22.3 Å². The second-order valence-electron chi connectivity index (χ2n) is 8.97. The number of benzene rings is 2. The molecule has 0 saturated carbocycles. The average Bonchev–Trinajstić information content (AvgIpc) is 2.95. The third-order valence-electron chi connectivity index (χ3n) is 5.95. The number of aliphatic hydroxyl groups excluding tert-OH is 1. The maximum absolute atomic E-state index is 9.89. The van der Waals surface area contributed by atoms with Gasteiger partial charge in [-0.15, -0.1) is 0 Å². The van der Waals surface area contributed by atoms with Crippen molar-refractivity contribution in [2.24, 2.45) is 0 Å². The van der Waals surface area contributed by atoms with E-state index in [0.29, 0.717) is 6.04 Å². The van der Waals surface area contributed by atoms with Gasteiger partial charge < -0.3 is 0 Å². The second kappa shape index (κ2) is 7.60. The molecule has 0 heterocycles. The van der Waals surface area contributed by atoms with Crippen molar-refractivity contribution in [1.29, 1.82) is 0 Å². The molecule has 28 heavy (non-hydrogen) atoms. The summed E-state index contributed by atoms with van der Waals surface area (Å²) < 4.78 is 9.83. The maximum atomic E-state index is 9.89. The van der Waals surface area contributed by atoms with Gasteiger partial charge in [0.1, 0.15) is 0 Å². The van der Waals surface area contributed by atoms with Crippen LogP contribution in [0.4, 0.5) is 0 Å². The number of halogens is 2. The van der Waals surface area contributed by atoms with Crippen molar-refractivity contribution in [2.45, 2.75) is 42.5 Å². The first-order chi connectivity index (χ1) is 13.0. The first kappa shape index (κ1) is 22.7. The molecule has 0 amide bonds. The molecule has 7 heteroatoms. The number of rotatable bonds is 6. The van der Waals surface area contributed by atoms with E-state index >= 15 is 0 Å². The Morgan fingerprint density at radius 1 is 1.04 bits per heavy atom. The topological polar surface area (TPSA) is 41.5 Å². The van der Waals surface area contributed by atoms with Gasteiger partial charge in [-0.05, 0) is 0 Å². The molecule has 0 saturated heterocycles. The van der Waals surface area contributed by atoms with E-state index in [9.17, 15) is 5.11 Å². The van der Waals surface area contributed by atoms with Gasteiger partial charge in [0.25, 0.3) is 0 Å². The zero-order valence-corrected chi connectivity index (χ0v) is 22.2. The third-order valence-corrected chi connectivity index (χ3v) is 54.9. The SMILES string of the molecule is CO[Si](C)(CCO)[Zr]([Cl])([Cl])([NH]C(C)(C)C)[CH]1c2ccccc2-c2ccccc21. The zero-order valence-electron chi connectivity index (χ0n) is 17.2. The fourth-order valence-electron chi connectivity index (χ4n) is 4.63. The molecule has 2 N–H and O–H groups in total. The molecule has 0 aromatic heterocycles. The van der Waals surface area contributed by atoms with Crippen LogP contribution in [0.3, 0.4) is 0 Å². The molecule has 1 aliphatic rings. The minimum atomic E-state index is -4.97. The Hall–Kier alpha value is 0. The summed E-state index contributed by atoms with van der Waals surface area (Å²) in [5.41, 5.74) is 1.70. The molecule has 0 spiro atoms. The Balaban J connectivity index is 2.37. The summed E-state index contributed by atoms with van der Waals surface area (Å²) in [7, 11) is 17.3. The molecule has 153 valence electrons. The third kappa shape index (κ3) is 3.51. The summed E-state index contributed by atoms with van der Waals surface area (Å²) in [5, 5.41) is 9.89. The van der Waals surface area contributed by atoms with Gasteiger partial charge in [-0.2, -0.15) is 0 Å². The van der Waals surface area contributed by atoms with Crippen molar-refractivity contribution in [3.63, 3.8) is 0 Å². The molecular formula is C21H30Cl2NO2SiZr. The van der Waals surface area contributed by atoms with Crippen LogP contribution in [0.5, 0.6) is 0 Å². The van der Waals surface area contributed by atoms with E-state index in [1.807, 2.05) is 0 Å². The van der Waals surface area contributed by atoms with Crippen LogP contribution < -0.4 is 3.26 Å². The summed E-state index contributed by atoms with van der Waals surface area (Å²) in [5.74, 6) is 0. The fraction of sp³-hybridized carbons (Fsp3) is 0.429. The number of nitrogens with one attached hydrogen (secondary N) is 1. The summed E-state index contributed by atoms with van der Waals surface area (Å²) in [4.78, 5) is 0. The van der Waals surface area contributed by atoms with Crippen LogP contribution >= 0.6 is 17.0 Å². The van der Waals surface area contributed by atoms with Gasteiger partial charge in [0.05, 0.1) is 0 Å². The average molecular weight is 519 g/mol. The number of fused-ring (bicyclic) bond motifs is 3. The molecule has 1 atom stereocenters. The Morgan fingerprint density at radius 3 is 1.89 bits per heavy atom. The molecule has 3 nitrogen and oxygen atoms in total. The Bertz CT molecular complexity index is 841. The van der Waals surface area contributed by atoms with Crippen molar-refractivity contribution in [3.05, 3.63) is 59.7 Å². The summed E-state index contributed by atoms with van der Waals surface area (Å²) in [6.45, 7) is 8.41. The van der Waals surface area contributed by atoms with E-state index in [2.05, 4.69) is 79.1 Å². The molecule has 0 bridgehead atoms. The summed E-state index contributed by atoms with van der Waals surface area (Å²) >= 11 is -4.97.